The molecule has 0 amide bonds. The van der Waals surface area contributed by atoms with Gasteiger partial charge in [-0.1, -0.05) is 48.2 Å². The molecule has 0 aliphatic heterocycles. The number of aryl methyl sites for hydroxylation is 3. The van der Waals surface area contributed by atoms with Gasteiger partial charge in [-0.2, -0.15) is 0 Å². The molecule has 2 heterocycles. The molecule has 4 rings (SSSR count). The Labute approximate surface area is 187 Å². The van der Waals surface area contributed by atoms with Crippen LogP contribution >= 0.6 is 11.8 Å². The monoisotopic (exact) mass is 430 g/mol. The zero-order valence-corrected chi connectivity index (χ0v) is 19.3. The van der Waals surface area contributed by atoms with Crippen molar-refractivity contribution in [3.8, 4) is 17.1 Å². The lowest BCUT2D eigenvalue weighted by atomic mass is 10.1. The van der Waals surface area contributed by atoms with Crippen molar-refractivity contribution in [3.05, 3.63) is 82.7 Å². The van der Waals surface area contributed by atoms with Gasteiger partial charge >= 0.3 is 0 Å². The van der Waals surface area contributed by atoms with Gasteiger partial charge in [0.25, 0.3) is 0 Å². The maximum Gasteiger partial charge on any atom is 0.191 e. The predicted molar refractivity (Wildman–Crippen MR) is 126 cm³/mol. The first-order valence-corrected chi connectivity index (χ1v) is 11.2. The second kappa shape index (κ2) is 8.55. The van der Waals surface area contributed by atoms with E-state index in [2.05, 4.69) is 46.8 Å². The molecule has 2 aromatic carbocycles. The van der Waals surface area contributed by atoms with E-state index in [4.69, 9.17) is 0 Å². The first-order valence-electron chi connectivity index (χ1n) is 10.2. The van der Waals surface area contributed by atoms with E-state index in [9.17, 15) is 4.79 Å². The van der Waals surface area contributed by atoms with Crippen molar-refractivity contribution in [1.82, 2.24) is 19.3 Å². The van der Waals surface area contributed by atoms with E-state index in [0.717, 1.165) is 39.2 Å². The van der Waals surface area contributed by atoms with Crippen molar-refractivity contribution in [2.45, 2.75) is 32.9 Å². The summed E-state index contributed by atoms with van der Waals surface area (Å²) < 4.78 is 4.09. The summed E-state index contributed by atoms with van der Waals surface area (Å²) in [7, 11) is 1.93. The number of aromatic nitrogens is 4. The number of thioether (sulfide) groups is 1. The van der Waals surface area contributed by atoms with Crippen LogP contribution in [-0.4, -0.2) is 30.9 Å². The van der Waals surface area contributed by atoms with E-state index in [1.54, 1.807) is 0 Å². The average molecular weight is 431 g/mol. The minimum Gasteiger partial charge on any atom is -0.318 e. The summed E-state index contributed by atoms with van der Waals surface area (Å²) in [6.07, 6.45) is 0. The Hall–Kier alpha value is -3.12. The summed E-state index contributed by atoms with van der Waals surface area (Å²) in [6, 6.07) is 18.3. The van der Waals surface area contributed by atoms with Gasteiger partial charge in [-0.3, -0.25) is 4.79 Å². The molecule has 0 N–H and O–H groups in total. The zero-order valence-electron chi connectivity index (χ0n) is 18.5. The maximum absolute atomic E-state index is 13.1. The van der Waals surface area contributed by atoms with Gasteiger partial charge in [0.1, 0.15) is 0 Å². The minimum atomic E-state index is 0.0949. The van der Waals surface area contributed by atoms with Crippen LogP contribution < -0.4 is 0 Å². The Morgan fingerprint density at radius 3 is 2.39 bits per heavy atom. The van der Waals surface area contributed by atoms with Gasteiger partial charge < -0.3 is 9.13 Å². The maximum atomic E-state index is 13.1. The Morgan fingerprint density at radius 1 is 0.935 bits per heavy atom. The number of benzene rings is 2. The van der Waals surface area contributed by atoms with Crippen molar-refractivity contribution in [1.29, 1.82) is 0 Å². The molecule has 6 heteroatoms. The smallest absolute Gasteiger partial charge is 0.191 e. The highest BCUT2D eigenvalue weighted by atomic mass is 32.2. The lowest BCUT2D eigenvalue weighted by molar-refractivity contribution is 0.102. The number of Topliss-reactive ketones (excluding diaryl/α,β-unsaturated/α-hetero) is 1. The fourth-order valence-corrected chi connectivity index (χ4v) is 4.59. The molecule has 0 aliphatic rings. The highest BCUT2D eigenvalue weighted by Gasteiger charge is 2.19. The molecule has 2 aromatic heterocycles. The van der Waals surface area contributed by atoms with Gasteiger partial charge in [-0.25, -0.2) is 0 Å². The molecule has 0 atom stereocenters. The molecule has 5 nitrogen and oxygen atoms in total. The highest BCUT2D eigenvalue weighted by molar-refractivity contribution is 7.99. The minimum absolute atomic E-state index is 0.0949. The van der Waals surface area contributed by atoms with E-state index in [1.807, 2.05) is 61.9 Å². The van der Waals surface area contributed by atoms with Crippen LogP contribution in [0.4, 0.5) is 0 Å². The molecule has 0 aliphatic carbocycles. The Morgan fingerprint density at radius 2 is 1.68 bits per heavy atom. The molecular formula is C25H26N4OS. The topological polar surface area (TPSA) is 52.7 Å². The molecule has 4 aromatic rings. The van der Waals surface area contributed by atoms with E-state index in [0.29, 0.717) is 5.75 Å². The highest BCUT2D eigenvalue weighted by Crippen LogP contribution is 2.26. The van der Waals surface area contributed by atoms with Crippen molar-refractivity contribution >= 4 is 17.5 Å². The number of hydrogen-bond donors (Lipinski definition) is 0. The summed E-state index contributed by atoms with van der Waals surface area (Å²) >= 11 is 1.42. The van der Waals surface area contributed by atoms with Gasteiger partial charge in [0, 0.05) is 35.2 Å². The van der Waals surface area contributed by atoms with Crippen LogP contribution in [0.1, 0.15) is 32.9 Å². The largest absolute Gasteiger partial charge is 0.318 e. The van der Waals surface area contributed by atoms with Crippen LogP contribution in [0.25, 0.3) is 17.1 Å². The van der Waals surface area contributed by atoms with Gasteiger partial charge in [0.2, 0.25) is 0 Å². The van der Waals surface area contributed by atoms with Crippen LogP contribution in [0.3, 0.4) is 0 Å². The lowest BCUT2D eigenvalue weighted by Crippen LogP contribution is -2.06. The number of ketones is 1. The quantitative estimate of drug-likeness (QED) is 0.300. The standard InChI is InChI=1S/C25H26N4OS/c1-16-11-12-21(13-17(16)2)29-18(3)14-22(19(29)4)23(30)15-31-25-27-26-24(28(25)5)20-9-7-6-8-10-20/h6-14H,15H2,1-5H3. The fourth-order valence-electron chi connectivity index (χ4n) is 3.79. The van der Waals surface area contributed by atoms with E-state index >= 15 is 0 Å². The molecular weight excluding hydrogens is 404 g/mol. The SMILES string of the molecule is Cc1ccc(-n2c(C)cc(C(=O)CSc3nnc(-c4ccccc4)n3C)c2C)cc1C. The van der Waals surface area contributed by atoms with Crippen molar-refractivity contribution in [2.75, 3.05) is 5.75 Å². The van der Waals surface area contributed by atoms with Crippen LogP contribution in [0.15, 0.2) is 59.8 Å². The second-order valence-electron chi connectivity index (χ2n) is 7.83. The number of carbonyl (C=O) groups is 1. The first kappa shape index (κ1) is 21.1. The van der Waals surface area contributed by atoms with Crippen molar-refractivity contribution in [2.24, 2.45) is 7.05 Å². The molecule has 0 bridgehead atoms. The third-order valence-electron chi connectivity index (χ3n) is 5.68. The lowest BCUT2D eigenvalue weighted by Gasteiger charge is -2.12. The Bertz CT molecular complexity index is 1250. The summed E-state index contributed by atoms with van der Waals surface area (Å²) in [5, 5.41) is 9.32. The van der Waals surface area contributed by atoms with Gasteiger partial charge in [-0.15, -0.1) is 10.2 Å². The summed E-state index contributed by atoms with van der Waals surface area (Å²) in [4.78, 5) is 13.1. The number of rotatable bonds is 6. The third kappa shape index (κ3) is 4.08. The molecule has 0 fully saturated rings. The summed E-state index contributed by atoms with van der Waals surface area (Å²) in [5.74, 6) is 1.21. The van der Waals surface area contributed by atoms with E-state index in [-0.39, 0.29) is 5.78 Å². The fraction of sp³-hybridized carbons (Fsp3) is 0.240. The molecule has 158 valence electrons. The van der Waals surface area contributed by atoms with Crippen LogP contribution in [-0.2, 0) is 7.05 Å². The number of hydrogen-bond acceptors (Lipinski definition) is 4. The van der Waals surface area contributed by atoms with E-state index < -0.39 is 0 Å². The van der Waals surface area contributed by atoms with Gasteiger partial charge in [0.05, 0.1) is 5.75 Å². The molecule has 0 spiro atoms. The Kier molecular flexibility index (Phi) is 5.83. The van der Waals surface area contributed by atoms with Crippen molar-refractivity contribution < 1.29 is 4.79 Å². The van der Waals surface area contributed by atoms with Crippen molar-refractivity contribution in [3.63, 3.8) is 0 Å². The second-order valence-corrected chi connectivity index (χ2v) is 8.77. The average Bonchev–Trinajstić information content (AvgIpc) is 3.28. The third-order valence-corrected chi connectivity index (χ3v) is 6.70. The molecule has 0 saturated carbocycles. The number of carbonyl (C=O) groups excluding carboxylic acids is 1. The molecule has 31 heavy (non-hydrogen) atoms. The van der Waals surface area contributed by atoms with Gasteiger partial charge in [0.15, 0.2) is 16.8 Å². The van der Waals surface area contributed by atoms with Crippen LogP contribution in [0.5, 0.6) is 0 Å². The molecule has 0 saturated heterocycles. The first-order chi connectivity index (χ1) is 14.9. The van der Waals surface area contributed by atoms with Crippen LogP contribution in [0.2, 0.25) is 0 Å². The number of nitrogens with zero attached hydrogens (tertiary/aromatic N) is 4. The molecule has 0 unspecified atom stereocenters. The summed E-state index contributed by atoms with van der Waals surface area (Å²) in [6.45, 7) is 8.27. The Balaban J connectivity index is 1.54. The van der Waals surface area contributed by atoms with Gasteiger partial charge in [-0.05, 0) is 57.0 Å². The summed E-state index contributed by atoms with van der Waals surface area (Å²) in [5.41, 5.74) is 7.38. The molecule has 0 radical (unpaired) electrons. The normalized spacial score (nSPS) is 11.1. The zero-order chi connectivity index (χ0) is 22.1. The predicted octanol–water partition coefficient (Wildman–Crippen LogP) is 5.48. The van der Waals surface area contributed by atoms with Crippen LogP contribution in [0, 0.1) is 27.7 Å². The van der Waals surface area contributed by atoms with E-state index in [1.165, 1.54) is 22.9 Å².